The fourth-order valence-electron chi connectivity index (χ4n) is 1.96. The van der Waals surface area contributed by atoms with Crippen molar-refractivity contribution in [3.05, 3.63) is 48.2 Å². The first-order chi connectivity index (χ1) is 10.5. The molecular formula is C17H21N3O2. The number of aryl methyl sites for hydroxylation is 1. The molecule has 2 rings (SSSR count). The van der Waals surface area contributed by atoms with E-state index in [1.54, 1.807) is 19.2 Å². The molecule has 1 N–H and O–H groups in total. The summed E-state index contributed by atoms with van der Waals surface area (Å²) in [5, 5.41) is 2.86. The van der Waals surface area contributed by atoms with Crippen molar-refractivity contribution >= 4 is 17.4 Å². The van der Waals surface area contributed by atoms with E-state index in [1.807, 2.05) is 56.3 Å². The predicted molar refractivity (Wildman–Crippen MR) is 88.5 cm³/mol. The average Bonchev–Trinajstić information content (AvgIpc) is 2.49. The van der Waals surface area contributed by atoms with E-state index < -0.39 is 6.10 Å². The molecular weight excluding hydrogens is 278 g/mol. The van der Waals surface area contributed by atoms with Crippen LogP contribution < -0.4 is 15.0 Å². The van der Waals surface area contributed by atoms with Crippen LogP contribution in [0.25, 0.3) is 0 Å². The summed E-state index contributed by atoms with van der Waals surface area (Å²) in [6.07, 6.45) is 1.09. The van der Waals surface area contributed by atoms with Crippen molar-refractivity contribution in [2.24, 2.45) is 0 Å². The third kappa shape index (κ3) is 3.97. The molecule has 0 aliphatic heterocycles. The van der Waals surface area contributed by atoms with Crippen LogP contribution in [0.1, 0.15) is 12.5 Å². The maximum atomic E-state index is 12.3. The normalized spacial score (nSPS) is 11.6. The smallest absolute Gasteiger partial charge is 0.265 e. The van der Waals surface area contributed by atoms with Gasteiger partial charge in [-0.3, -0.25) is 4.79 Å². The molecule has 0 aliphatic carbocycles. The number of carbonyl (C=O) groups excluding carboxylic acids is 1. The highest BCUT2D eigenvalue weighted by molar-refractivity contribution is 5.96. The van der Waals surface area contributed by atoms with Gasteiger partial charge < -0.3 is 15.0 Å². The van der Waals surface area contributed by atoms with Gasteiger partial charge in [0.25, 0.3) is 5.91 Å². The number of benzene rings is 1. The van der Waals surface area contributed by atoms with Crippen LogP contribution in [0.5, 0.6) is 5.75 Å². The molecule has 2 aromatic rings. The van der Waals surface area contributed by atoms with Gasteiger partial charge in [-0.1, -0.05) is 17.7 Å². The number of nitrogens with zero attached hydrogens (tertiary/aromatic N) is 2. The number of pyridine rings is 1. The lowest BCUT2D eigenvalue weighted by Gasteiger charge is -2.18. The third-order valence-electron chi connectivity index (χ3n) is 3.17. The molecule has 1 heterocycles. The zero-order valence-electron chi connectivity index (χ0n) is 13.3. The number of hydrogen-bond acceptors (Lipinski definition) is 4. The summed E-state index contributed by atoms with van der Waals surface area (Å²) in [6.45, 7) is 3.73. The van der Waals surface area contributed by atoms with E-state index in [-0.39, 0.29) is 5.91 Å². The quantitative estimate of drug-likeness (QED) is 0.922. The summed E-state index contributed by atoms with van der Waals surface area (Å²) in [5.74, 6) is 1.17. The molecule has 1 aromatic carbocycles. The van der Waals surface area contributed by atoms with Gasteiger partial charge in [0.15, 0.2) is 11.9 Å². The Hall–Kier alpha value is -2.56. The molecule has 1 amide bonds. The Morgan fingerprint density at radius 1 is 1.23 bits per heavy atom. The average molecular weight is 299 g/mol. The molecule has 1 atom stereocenters. The summed E-state index contributed by atoms with van der Waals surface area (Å²) in [5.41, 5.74) is 1.81. The lowest BCUT2D eigenvalue weighted by atomic mass is 10.2. The van der Waals surface area contributed by atoms with Crippen molar-refractivity contribution in [2.75, 3.05) is 24.3 Å². The summed E-state index contributed by atoms with van der Waals surface area (Å²) in [6, 6.07) is 11.2. The van der Waals surface area contributed by atoms with Crippen molar-refractivity contribution in [2.45, 2.75) is 20.0 Å². The molecule has 0 aliphatic rings. The molecule has 22 heavy (non-hydrogen) atoms. The molecule has 0 radical (unpaired) electrons. The van der Waals surface area contributed by atoms with Gasteiger partial charge in [-0.2, -0.15) is 0 Å². The molecule has 0 fully saturated rings. The molecule has 5 nitrogen and oxygen atoms in total. The van der Waals surface area contributed by atoms with E-state index in [1.165, 1.54) is 0 Å². The molecule has 0 saturated heterocycles. The highest BCUT2D eigenvalue weighted by Gasteiger charge is 2.17. The third-order valence-corrected chi connectivity index (χ3v) is 3.17. The van der Waals surface area contributed by atoms with E-state index >= 15 is 0 Å². The minimum atomic E-state index is -0.599. The molecule has 5 heteroatoms. The first kappa shape index (κ1) is 15.8. The van der Waals surface area contributed by atoms with E-state index in [2.05, 4.69) is 10.3 Å². The second kappa shape index (κ2) is 6.93. The van der Waals surface area contributed by atoms with Gasteiger partial charge in [0, 0.05) is 20.3 Å². The number of nitrogens with one attached hydrogen (secondary N) is 1. The summed E-state index contributed by atoms with van der Waals surface area (Å²) in [4.78, 5) is 18.4. The zero-order valence-corrected chi connectivity index (χ0v) is 13.3. The van der Waals surface area contributed by atoms with Crippen LogP contribution in [0.3, 0.4) is 0 Å². The molecule has 0 spiro atoms. The Balaban J connectivity index is 2.04. The topological polar surface area (TPSA) is 54.5 Å². The van der Waals surface area contributed by atoms with Gasteiger partial charge in [-0.25, -0.2) is 4.98 Å². The lowest BCUT2D eigenvalue weighted by molar-refractivity contribution is -0.122. The summed E-state index contributed by atoms with van der Waals surface area (Å²) >= 11 is 0. The van der Waals surface area contributed by atoms with Gasteiger partial charge >= 0.3 is 0 Å². The van der Waals surface area contributed by atoms with Crippen molar-refractivity contribution in [3.63, 3.8) is 0 Å². The maximum absolute atomic E-state index is 12.3. The largest absolute Gasteiger partial charge is 0.481 e. The van der Waals surface area contributed by atoms with Gasteiger partial charge in [0.05, 0.1) is 5.69 Å². The fourth-order valence-corrected chi connectivity index (χ4v) is 1.96. The minimum absolute atomic E-state index is 0.211. The molecule has 1 aromatic heterocycles. The Morgan fingerprint density at radius 2 is 1.91 bits per heavy atom. The molecule has 0 bridgehead atoms. The molecule has 0 saturated carbocycles. The van der Waals surface area contributed by atoms with Crippen LogP contribution in [0, 0.1) is 6.92 Å². The number of carbonyl (C=O) groups is 1. The number of rotatable bonds is 5. The van der Waals surface area contributed by atoms with Crippen LogP contribution in [-0.4, -0.2) is 31.1 Å². The number of amides is 1. The van der Waals surface area contributed by atoms with Gasteiger partial charge in [0.2, 0.25) is 0 Å². The van der Waals surface area contributed by atoms with Crippen molar-refractivity contribution in [1.82, 2.24) is 4.98 Å². The number of aromatic nitrogens is 1. The van der Waals surface area contributed by atoms with Crippen LogP contribution in [0.2, 0.25) is 0 Å². The fraction of sp³-hybridized carbons (Fsp3) is 0.294. The standard InChI is InChI=1S/C17H21N3O2/c1-12-7-9-14(10-8-12)22-13(2)17(21)19-15-6-5-11-18-16(15)20(3)4/h5-11,13H,1-4H3,(H,19,21)/t13-/m0/s1. The second-order valence-electron chi connectivity index (χ2n) is 5.33. The van der Waals surface area contributed by atoms with Crippen molar-refractivity contribution in [1.29, 1.82) is 0 Å². The Morgan fingerprint density at radius 3 is 2.55 bits per heavy atom. The Kier molecular flexibility index (Phi) is 4.99. The van der Waals surface area contributed by atoms with Gasteiger partial charge in [-0.15, -0.1) is 0 Å². The number of anilines is 2. The van der Waals surface area contributed by atoms with E-state index in [9.17, 15) is 4.79 Å². The van der Waals surface area contributed by atoms with Crippen LogP contribution in [-0.2, 0) is 4.79 Å². The van der Waals surface area contributed by atoms with E-state index in [4.69, 9.17) is 4.74 Å². The Bertz CT molecular complexity index is 639. The first-order valence-electron chi connectivity index (χ1n) is 7.14. The van der Waals surface area contributed by atoms with Gasteiger partial charge in [-0.05, 0) is 38.1 Å². The van der Waals surface area contributed by atoms with Crippen LogP contribution in [0.4, 0.5) is 11.5 Å². The van der Waals surface area contributed by atoms with Crippen molar-refractivity contribution < 1.29 is 9.53 Å². The SMILES string of the molecule is Cc1ccc(O[C@@H](C)C(=O)Nc2cccnc2N(C)C)cc1. The van der Waals surface area contributed by atoms with Crippen molar-refractivity contribution in [3.8, 4) is 5.75 Å². The highest BCUT2D eigenvalue weighted by Crippen LogP contribution is 2.21. The Labute approximate surface area is 130 Å². The highest BCUT2D eigenvalue weighted by atomic mass is 16.5. The molecule has 0 unspecified atom stereocenters. The van der Waals surface area contributed by atoms with E-state index in [0.29, 0.717) is 17.3 Å². The minimum Gasteiger partial charge on any atom is -0.481 e. The van der Waals surface area contributed by atoms with Gasteiger partial charge in [0.1, 0.15) is 5.75 Å². The maximum Gasteiger partial charge on any atom is 0.265 e. The van der Waals surface area contributed by atoms with Crippen LogP contribution >= 0.6 is 0 Å². The summed E-state index contributed by atoms with van der Waals surface area (Å²) < 4.78 is 5.66. The summed E-state index contributed by atoms with van der Waals surface area (Å²) in [7, 11) is 3.76. The molecule has 116 valence electrons. The monoisotopic (exact) mass is 299 g/mol. The lowest BCUT2D eigenvalue weighted by Crippen LogP contribution is -2.30. The van der Waals surface area contributed by atoms with E-state index in [0.717, 1.165) is 5.56 Å². The first-order valence-corrected chi connectivity index (χ1v) is 7.14. The second-order valence-corrected chi connectivity index (χ2v) is 5.33. The zero-order chi connectivity index (χ0) is 16.1. The number of hydrogen-bond donors (Lipinski definition) is 1. The predicted octanol–water partition coefficient (Wildman–Crippen LogP) is 2.86. The number of ether oxygens (including phenoxy) is 1. The van der Waals surface area contributed by atoms with Crippen LogP contribution in [0.15, 0.2) is 42.6 Å².